The van der Waals surface area contributed by atoms with Crippen LogP contribution in [-0.2, 0) is 9.59 Å². The number of rotatable bonds is 3. The van der Waals surface area contributed by atoms with Crippen molar-refractivity contribution in [3.05, 3.63) is 47.8 Å². The van der Waals surface area contributed by atoms with Crippen LogP contribution in [0, 0.1) is 12.8 Å². The lowest BCUT2D eigenvalue weighted by Crippen LogP contribution is -2.35. The van der Waals surface area contributed by atoms with E-state index in [0.29, 0.717) is 16.9 Å². The molecule has 2 aliphatic heterocycles. The van der Waals surface area contributed by atoms with Crippen LogP contribution < -0.4 is 5.32 Å². The van der Waals surface area contributed by atoms with Gasteiger partial charge in [0.15, 0.2) is 0 Å². The van der Waals surface area contributed by atoms with Gasteiger partial charge in [0, 0.05) is 36.4 Å². The van der Waals surface area contributed by atoms with Gasteiger partial charge in [-0.05, 0) is 13.0 Å². The quantitative estimate of drug-likeness (QED) is 0.488. The van der Waals surface area contributed by atoms with Gasteiger partial charge in [-0.2, -0.15) is 24.9 Å². The molecule has 1 unspecified atom stereocenters. The number of hydrogen-bond donors (Lipinski definition) is 2. The van der Waals surface area contributed by atoms with Crippen molar-refractivity contribution in [2.75, 3.05) is 12.4 Å². The summed E-state index contributed by atoms with van der Waals surface area (Å²) >= 11 is 0. The monoisotopic (exact) mass is 416 g/mol. The maximum atomic E-state index is 12.8. The Balaban J connectivity index is 1.45. The van der Waals surface area contributed by atoms with Crippen molar-refractivity contribution in [3.8, 4) is 0 Å². The molecule has 2 aromatic heterocycles. The number of anilines is 1. The predicted molar refractivity (Wildman–Crippen MR) is 113 cm³/mol. The molecule has 0 saturated heterocycles. The van der Waals surface area contributed by atoms with Crippen LogP contribution in [0.3, 0.4) is 0 Å². The summed E-state index contributed by atoms with van der Waals surface area (Å²) in [5, 5.41) is 13.0. The highest BCUT2D eigenvalue weighted by atomic mass is 16.2. The van der Waals surface area contributed by atoms with Crippen LogP contribution in [0.5, 0.6) is 0 Å². The molecule has 0 saturated carbocycles. The second kappa shape index (κ2) is 6.83. The van der Waals surface area contributed by atoms with E-state index in [2.05, 4.69) is 30.5 Å². The molecule has 1 aromatic carbocycles. The molecule has 0 radical (unpaired) electrons. The average molecular weight is 416 g/mol. The Morgan fingerprint density at radius 1 is 1.19 bits per heavy atom. The average Bonchev–Trinajstić information content (AvgIpc) is 3.45. The van der Waals surface area contributed by atoms with Gasteiger partial charge in [0.1, 0.15) is 17.6 Å². The molecule has 0 spiro atoms. The van der Waals surface area contributed by atoms with Gasteiger partial charge < -0.3 is 10.3 Å². The molecule has 2 amide bonds. The Hall–Kier alpha value is -4.41. The number of amidine groups is 1. The Bertz CT molecular complexity index is 1360. The Morgan fingerprint density at radius 2 is 2.00 bits per heavy atom. The van der Waals surface area contributed by atoms with Gasteiger partial charge in [-0.15, -0.1) is 0 Å². The standard InChI is InChI=1S/C20H16N8O3/c1-10-7-15(23-19(31)16(29)12-8-21-14-6-4-3-5-11(12)14)28(26-10)20-24-17-13(18(30)25-20)9-22-27(17)2/h3-9,13,21H,1-2H3,(H,23,31). The minimum Gasteiger partial charge on any atom is -0.360 e. The molecule has 11 nitrogen and oxygen atoms in total. The number of fused-ring (bicyclic) bond motifs is 2. The number of hydrazone groups is 1. The maximum Gasteiger partial charge on any atom is 0.298 e. The van der Waals surface area contributed by atoms with Gasteiger partial charge in [-0.25, -0.2) is 0 Å². The largest absolute Gasteiger partial charge is 0.360 e. The highest BCUT2D eigenvalue weighted by Gasteiger charge is 2.35. The zero-order chi connectivity index (χ0) is 21.7. The fraction of sp³-hybridized carbons (Fsp3) is 0.150. The van der Waals surface area contributed by atoms with E-state index in [1.165, 1.54) is 22.1 Å². The number of aromatic amines is 1. The number of carbonyl (C=O) groups is 3. The van der Waals surface area contributed by atoms with Crippen LogP contribution in [0.2, 0.25) is 0 Å². The summed E-state index contributed by atoms with van der Waals surface area (Å²) in [6, 6.07) is 8.76. The number of benzene rings is 1. The van der Waals surface area contributed by atoms with Crippen molar-refractivity contribution in [3.63, 3.8) is 0 Å². The van der Waals surface area contributed by atoms with E-state index in [9.17, 15) is 14.4 Å². The van der Waals surface area contributed by atoms with Gasteiger partial charge in [0.2, 0.25) is 0 Å². The summed E-state index contributed by atoms with van der Waals surface area (Å²) < 4.78 is 1.23. The molecule has 0 bridgehead atoms. The molecule has 154 valence electrons. The molecule has 31 heavy (non-hydrogen) atoms. The van der Waals surface area contributed by atoms with Crippen LogP contribution >= 0.6 is 0 Å². The zero-order valence-corrected chi connectivity index (χ0v) is 16.5. The zero-order valence-electron chi connectivity index (χ0n) is 16.5. The summed E-state index contributed by atoms with van der Waals surface area (Å²) in [7, 11) is 1.67. The number of para-hydroxylation sites is 1. The molecular weight excluding hydrogens is 400 g/mol. The van der Waals surface area contributed by atoms with Crippen molar-refractivity contribution in [2.24, 2.45) is 21.0 Å². The van der Waals surface area contributed by atoms with Crippen LogP contribution in [0.1, 0.15) is 16.1 Å². The lowest BCUT2D eigenvalue weighted by atomic mass is 10.1. The smallest absolute Gasteiger partial charge is 0.298 e. The molecule has 3 aromatic rings. The maximum absolute atomic E-state index is 12.8. The summed E-state index contributed by atoms with van der Waals surface area (Å²) in [6.07, 6.45) is 2.97. The summed E-state index contributed by atoms with van der Waals surface area (Å²) in [6.45, 7) is 1.71. The van der Waals surface area contributed by atoms with Crippen molar-refractivity contribution < 1.29 is 14.4 Å². The molecule has 2 N–H and O–H groups in total. The van der Waals surface area contributed by atoms with Crippen molar-refractivity contribution in [1.29, 1.82) is 0 Å². The number of aliphatic imine (C=N–C) groups is 2. The number of amides is 2. The van der Waals surface area contributed by atoms with E-state index in [-0.39, 0.29) is 17.3 Å². The van der Waals surface area contributed by atoms with E-state index in [1.807, 2.05) is 12.1 Å². The fourth-order valence-corrected chi connectivity index (χ4v) is 3.50. The molecule has 0 aliphatic carbocycles. The van der Waals surface area contributed by atoms with Crippen molar-refractivity contribution in [2.45, 2.75) is 6.92 Å². The number of nitrogens with zero attached hydrogens (tertiary/aromatic N) is 6. The Kier molecular flexibility index (Phi) is 4.10. The lowest BCUT2D eigenvalue weighted by molar-refractivity contribution is -0.118. The van der Waals surface area contributed by atoms with Gasteiger partial charge in [-0.1, -0.05) is 18.2 Å². The number of carbonyl (C=O) groups excluding carboxylic acids is 3. The molecule has 5 rings (SSSR count). The van der Waals surface area contributed by atoms with Gasteiger partial charge in [0.25, 0.3) is 23.6 Å². The van der Waals surface area contributed by atoms with Crippen molar-refractivity contribution >= 4 is 52.3 Å². The summed E-state index contributed by atoms with van der Waals surface area (Å²) in [4.78, 5) is 49.2. The lowest BCUT2D eigenvalue weighted by Gasteiger charge is -2.17. The third kappa shape index (κ3) is 3.03. The Morgan fingerprint density at radius 3 is 2.84 bits per heavy atom. The molecular formula is C20H16N8O3. The third-order valence-corrected chi connectivity index (χ3v) is 4.99. The van der Waals surface area contributed by atoms with Gasteiger partial charge >= 0.3 is 0 Å². The Labute approximate surface area is 175 Å². The number of nitrogens with one attached hydrogen (secondary N) is 2. The molecule has 0 fully saturated rings. The molecule has 4 heterocycles. The fourth-order valence-electron chi connectivity index (χ4n) is 3.50. The van der Waals surface area contributed by atoms with E-state index in [1.54, 1.807) is 32.2 Å². The van der Waals surface area contributed by atoms with Crippen LogP contribution in [0.4, 0.5) is 5.82 Å². The van der Waals surface area contributed by atoms with E-state index < -0.39 is 23.5 Å². The molecule has 1 atom stereocenters. The first-order chi connectivity index (χ1) is 14.9. The predicted octanol–water partition coefficient (Wildman–Crippen LogP) is 1.18. The first-order valence-corrected chi connectivity index (χ1v) is 9.40. The third-order valence-electron chi connectivity index (χ3n) is 4.99. The number of ketones is 1. The number of aromatic nitrogens is 3. The highest BCUT2D eigenvalue weighted by molar-refractivity contribution is 6.48. The van der Waals surface area contributed by atoms with E-state index in [4.69, 9.17) is 0 Å². The second-order valence-electron chi connectivity index (χ2n) is 7.10. The number of Topliss-reactive ketones (excluding diaryl/α,β-unsaturated/α-hetero) is 1. The van der Waals surface area contributed by atoms with Gasteiger partial charge in [-0.3, -0.25) is 19.4 Å². The number of H-pyrrole nitrogens is 1. The normalized spacial score (nSPS) is 17.5. The minimum atomic E-state index is -0.847. The molecule has 11 heteroatoms. The van der Waals surface area contributed by atoms with E-state index in [0.717, 1.165) is 5.52 Å². The molecule has 2 aliphatic rings. The van der Waals surface area contributed by atoms with E-state index >= 15 is 0 Å². The highest BCUT2D eigenvalue weighted by Crippen LogP contribution is 2.21. The number of hydrogen-bond acceptors (Lipinski definition) is 7. The van der Waals surface area contributed by atoms with Crippen molar-refractivity contribution in [1.82, 2.24) is 19.8 Å². The van der Waals surface area contributed by atoms with Crippen LogP contribution in [0.25, 0.3) is 10.9 Å². The second-order valence-corrected chi connectivity index (χ2v) is 7.10. The first kappa shape index (κ1) is 18.6. The topological polar surface area (TPSA) is 137 Å². The van der Waals surface area contributed by atoms with Crippen LogP contribution in [0.15, 0.2) is 51.6 Å². The minimum absolute atomic E-state index is 0.0171. The van der Waals surface area contributed by atoms with Crippen LogP contribution in [-0.4, -0.2) is 62.4 Å². The summed E-state index contributed by atoms with van der Waals surface area (Å²) in [5.74, 6) is -2.06. The first-order valence-electron chi connectivity index (χ1n) is 9.40. The van der Waals surface area contributed by atoms with Gasteiger partial charge in [0.05, 0.1) is 11.3 Å². The number of aryl methyl sites for hydroxylation is 1. The SMILES string of the molecule is Cc1cc(NC(=O)C(=O)c2c[nH]c3ccccc23)n(C2=NC(=O)C3C=NN(C)C3=N2)n1. The summed E-state index contributed by atoms with van der Waals surface area (Å²) in [5.41, 5.74) is 1.56.